The number of hydrogen-bond acceptors (Lipinski definition) is 4. The molecule has 0 aliphatic heterocycles. The van der Waals surface area contributed by atoms with Crippen molar-refractivity contribution in [2.45, 2.75) is 0 Å². The van der Waals surface area contributed by atoms with Crippen LogP contribution in [0.4, 0.5) is 11.4 Å². The summed E-state index contributed by atoms with van der Waals surface area (Å²) in [6.07, 6.45) is 1.62. The van der Waals surface area contributed by atoms with Crippen LogP contribution in [0.25, 0.3) is 10.9 Å². The third kappa shape index (κ3) is 1.00. The maximum atomic E-state index is 10.6. The molecule has 0 amide bonds. The summed E-state index contributed by atoms with van der Waals surface area (Å²) in [4.78, 5) is 10.1. The highest BCUT2D eigenvalue weighted by Crippen LogP contribution is 2.29. The number of nitrogen functional groups attached to an aromatic ring is 1. The van der Waals surface area contributed by atoms with Crippen molar-refractivity contribution in [3.8, 4) is 0 Å². The summed E-state index contributed by atoms with van der Waals surface area (Å²) >= 11 is 0. The van der Waals surface area contributed by atoms with E-state index in [1.807, 2.05) is 0 Å². The average Bonchev–Trinajstić information content (AvgIpc) is 2.48. The first-order valence-electron chi connectivity index (χ1n) is 3.96. The average molecular weight is 192 g/mol. The molecule has 1 aromatic carbocycles. The van der Waals surface area contributed by atoms with E-state index in [1.165, 1.54) is 10.7 Å². The molecular weight excluding hydrogens is 184 g/mol. The predicted molar refractivity (Wildman–Crippen MR) is 51.8 cm³/mol. The predicted octanol–water partition coefficient (Wildman–Crippen LogP) is 1.06. The largest absolute Gasteiger partial charge is 0.391 e. The number of fused-ring (bicyclic) bond motifs is 1. The summed E-state index contributed by atoms with van der Waals surface area (Å²) in [5, 5.41) is 15.4. The van der Waals surface area contributed by atoms with Gasteiger partial charge in [-0.1, -0.05) is 0 Å². The number of rotatable bonds is 1. The van der Waals surface area contributed by atoms with Gasteiger partial charge in [-0.25, -0.2) is 0 Å². The normalized spacial score (nSPS) is 10.6. The molecule has 0 aliphatic carbocycles. The van der Waals surface area contributed by atoms with Crippen LogP contribution in [-0.2, 0) is 7.05 Å². The van der Waals surface area contributed by atoms with Crippen molar-refractivity contribution in [3.63, 3.8) is 0 Å². The lowest BCUT2D eigenvalue weighted by Gasteiger charge is -2.00. The summed E-state index contributed by atoms with van der Waals surface area (Å²) in [6.45, 7) is 0. The third-order valence-electron chi connectivity index (χ3n) is 2.12. The minimum Gasteiger partial charge on any atom is -0.391 e. The van der Waals surface area contributed by atoms with Crippen molar-refractivity contribution in [3.05, 3.63) is 28.4 Å². The van der Waals surface area contributed by atoms with Crippen LogP contribution in [0.15, 0.2) is 18.3 Å². The van der Waals surface area contributed by atoms with Crippen molar-refractivity contribution in [2.75, 3.05) is 5.73 Å². The second-order valence-electron chi connectivity index (χ2n) is 2.96. The Labute approximate surface area is 79.1 Å². The summed E-state index contributed by atoms with van der Waals surface area (Å²) in [5.41, 5.74) is 6.34. The molecule has 0 aliphatic rings. The Hall–Kier alpha value is -2.11. The molecule has 2 rings (SSSR count). The van der Waals surface area contributed by atoms with Crippen LogP contribution in [0.2, 0.25) is 0 Å². The van der Waals surface area contributed by atoms with Crippen LogP contribution in [0.1, 0.15) is 0 Å². The van der Waals surface area contributed by atoms with E-state index >= 15 is 0 Å². The highest BCUT2D eigenvalue weighted by atomic mass is 16.6. The van der Waals surface area contributed by atoms with Gasteiger partial charge in [0.25, 0.3) is 5.69 Å². The maximum absolute atomic E-state index is 10.6. The molecule has 6 heteroatoms. The first kappa shape index (κ1) is 8.49. The molecule has 0 fully saturated rings. The van der Waals surface area contributed by atoms with Gasteiger partial charge in [0.15, 0.2) is 0 Å². The Morgan fingerprint density at radius 3 is 2.93 bits per heavy atom. The van der Waals surface area contributed by atoms with Gasteiger partial charge in [0, 0.05) is 18.5 Å². The van der Waals surface area contributed by atoms with Crippen LogP contribution in [0, 0.1) is 10.1 Å². The topological polar surface area (TPSA) is 87.0 Å². The molecule has 0 spiro atoms. The zero-order valence-electron chi connectivity index (χ0n) is 7.47. The molecule has 1 heterocycles. The number of nitro benzene ring substituents is 1. The summed E-state index contributed by atoms with van der Waals surface area (Å²) < 4.78 is 1.53. The molecule has 0 saturated heterocycles. The van der Waals surface area contributed by atoms with Gasteiger partial charge in [-0.15, -0.1) is 0 Å². The minimum absolute atomic E-state index is 0.0823. The standard InChI is InChI=1S/C8H8N4O2/c1-11-8-5(4-10-11)2-3-6(7(8)9)12(13)14/h2-4H,9H2,1H3. The Morgan fingerprint density at radius 2 is 2.29 bits per heavy atom. The van der Waals surface area contributed by atoms with Crippen molar-refractivity contribution >= 4 is 22.3 Å². The van der Waals surface area contributed by atoms with E-state index in [-0.39, 0.29) is 11.4 Å². The van der Waals surface area contributed by atoms with Crippen molar-refractivity contribution in [1.29, 1.82) is 0 Å². The van der Waals surface area contributed by atoms with E-state index in [0.717, 1.165) is 5.39 Å². The monoisotopic (exact) mass is 192 g/mol. The minimum atomic E-state index is -0.498. The van der Waals surface area contributed by atoms with Crippen molar-refractivity contribution < 1.29 is 4.92 Å². The number of nitrogens with two attached hydrogens (primary N) is 1. The van der Waals surface area contributed by atoms with E-state index in [9.17, 15) is 10.1 Å². The molecule has 0 saturated carbocycles. The molecule has 14 heavy (non-hydrogen) atoms. The molecular formula is C8H8N4O2. The fourth-order valence-corrected chi connectivity index (χ4v) is 1.45. The molecule has 0 unspecified atom stereocenters. The lowest BCUT2D eigenvalue weighted by Crippen LogP contribution is -1.99. The van der Waals surface area contributed by atoms with Crippen LogP contribution in [-0.4, -0.2) is 14.7 Å². The van der Waals surface area contributed by atoms with Gasteiger partial charge in [-0.05, 0) is 6.07 Å². The van der Waals surface area contributed by atoms with Crippen LogP contribution < -0.4 is 5.73 Å². The number of hydrogen-bond donors (Lipinski definition) is 1. The van der Waals surface area contributed by atoms with Crippen LogP contribution in [0.3, 0.4) is 0 Å². The van der Waals surface area contributed by atoms with Crippen molar-refractivity contribution in [2.24, 2.45) is 7.05 Å². The van der Waals surface area contributed by atoms with E-state index in [4.69, 9.17) is 5.73 Å². The summed E-state index contributed by atoms with van der Waals surface area (Å²) in [5.74, 6) is 0. The van der Waals surface area contributed by atoms with E-state index in [1.54, 1.807) is 19.3 Å². The summed E-state index contributed by atoms with van der Waals surface area (Å²) in [7, 11) is 1.70. The number of aryl methyl sites for hydroxylation is 1. The van der Waals surface area contributed by atoms with Gasteiger partial charge in [0.05, 0.1) is 16.6 Å². The number of aromatic nitrogens is 2. The molecule has 2 aromatic rings. The van der Waals surface area contributed by atoms with Gasteiger partial charge in [0.1, 0.15) is 5.69 Å². The van der Waals surface area contributed by atoms with Gasteiger partial charge < -0.3 is 5.73 Å². The van der Waals surface area contributed by atoms with Crippen LogP contribution >= 0.6 is 0 Å². The second kappa shape index (κ2) is 2.69. The SMILES string of the molecule is Cn1ncc2ccc([N+](=O)[O-])c(N)c21. The Balaban J connectivity index is 2.86. The zero-order valence-corrected chi connectivity index (χ0v) is 7.47. The number of nitro groups is 1. The van der Waals surface area contributed by atoms with Gasteiger partial charge in [-0.2, -0.15) is 5.10 Å². The van der Waals surface area contributed by atoms with E-state index < -0.39 is 4.92 Å². The Bertz CT molecular complexity index is 517. The first-order chi connectivity index (χ1) is 6.61. The molecule has 0 radical (unpaired) electrons. The van der Waals surface area contributed by atoms with Gasteiger partial charge in [0.2, 0.25) is 0 Å². The van der Waals surface area contributed by atoms with Gasteiger partial charge >= 0.3 is 0 Å². The fraction of sp³-hybridized carbons (Fsp3) is 0.125. The molecule has 2 N–H and O–H groups in total. The van der Waals surface area contributed by atoms with Crippen molar-refractivity contribution in [1.82, 2.24) is 9.78 Å². The third-order valence-corrected chi connectivity index (χ3v) is 2.12. The molecule has 6 nitrogen and oxygen atoms in total. The number of nitrogens with zero attached hydrogens (tertiary/aromatic N) is 3. The molecule has 72 valence electrons. The van der Waals surface area contributed by atoms with Gasteiger partial charge in [-0.3, -0.25) is 14.8 Å². The van der Waals surface area contributed by atoms with Crippen LogP contribution in [0.5, 0.6) is 0 Å². The van der Waals surface area contributed by atoms with E-state index in [2.05, 4.69) is 5.10 Å². The first-order valence-corrected chi connectivity index (χ1v) is 3.96. The smallest absolute Gasteiger partial charge is 0.294 e. The highest BCUT2D eigenvalue weighted by molar-refractivity contribution is 5.94. The molecule has 0 atom stereocenters. The fourth-order valence-electron chi connectivity index (χ4n) is 1.45. The lowest BCUT2D eigenvalue weighted by atomic mass is 10.2. The second-order valence-corrected chi connectivity index (χ2v) is 2.96. The molecule has 0 bridgehead atoms. The zero-order chi connectivity index (χ0) is 10.3. The highest BCUT2D eigenvalue weighted by Gasteiger charge is 2.15. The lowest BCUT2D eigenvalue weighted by molar-refractivity contribution is -0.383. The quantitative estimate of drug-likeness (QED) is 0.415. The maximum Gasteiger partial charge on any atom is 0.294 e. The molecule has 1 aromatic heterocycles. The van der Waals surface area contributed by atoms with E-state index in [0.29, 0.717) is 5.52 Å². The Kier molecular flexibility index (Phi) is 1.63. The summed E-state index contributed by atoms with van der Waals surface area (Å²) in [6, 6.07) is 3.02. The number of benzene rings is 1. The Morgan fingerprint density at radius 1 is 1.57 bits per heavy atom. The number of anilines is 1.